The summed E-state index contributed by atoms with van der Waals surface area (Å²) in [7, 11) is 1.55. The molecule has 8 heteroatoms. The number of carboxylic acid groups (broad SMARTS) is 1. The van der Waals surface area contributed by atoms with Crippen LogP contribution < -0.4 is 5.32 Å². The zero-order valence-corrected chi connectivity index (χ0v) is 16.5. The number of nitrogens with one attached hydrogen (secondary N) is 2. The lowest BCUT2D eigenvalue weighted by Crippen LogP contribution is -2.35. The molecule has 1 aliphatic rings. The summed E-state index contributed by atoms with van der Waals surface area (Å²) in [6.45, 7) is 3.61. The smallest absolute Gasteiger partial charge is 0.335 e. The fourth-order valence-electron chi connectivity index (χ4n) is 2.68. The molecule has 1 heterocycles. The van der Waals surface area contributed by atoms with Gasteiger partial charge in [-0.15, -0.1) is 0 Å². The maximum absolute atomic E-state index is 12.8. The third kappa shape index (κ3) is 4.19. The molecule has 0 atom stereocenters. The number of amides is 1. The zero-order valence-electron chi connectivity index (χ0n) is 15.7. The number of aromatic nitrogens is 2. The Hall–Kier alpha value is -2.82. The molecule has 0 unspecified atom stereocenters. The second-order valence-corrected chi connectivity index (χ2v) is 7.49. The standard InChI is InChI=1S/C20H20ClN3O4/c1-19(2,28-3)9-8-14-15(23-18(21)22-14)16(25)24-20(10-11-20)13-6-4-12(5-7-13)17(26)27/h4-7H,10-11H2,1-3H3,(H,22,23)(H,24,25)(H,26,27). The van der Waals surface area contributed by atoms with Crippen molar-refractivity contribution in [2.45, 2.75) is 37.8 Å². The second-order valence-electron chi connectivity index (χ2n) is 7.13. The number of carbonyl (C=O) groups is 2. The third-order valence-corrected chi connectivity index (χ3v) is 4.86. The van der Waals surface area contributed by atoms with Gasteiger partial charge in [0, 0.05) is 7.11 Å². The number of aromatic amines is 1. The molecule has 1 fully saturated rings. The monoisotopic (exact) mass is 401 g/mol. The molecule has 1 saturated carbocycles. The van der Waals surface area contributed by atoms with Crippen molar-refractivity contribution >= 4 is 23.5 Å². The molecule has 1 aromatic carbocycles. The summed E-state index contributed by atoms with van der Waals surface area (Å²) < 4.78 is 5.26. The Morgan fingerprint density at radius 1 is 1.32 bits per heavy atom. The van der Waals surface area contributed by atoms with Crippen LogP contribution in [0.4, 0.5) is 0 Å². The summed E-state index contributed by atoms with van der Waals surface area (Å²) in [4.78, 5) is 30.7. The molecule has 0 saturated heterocycles. The minimum absolute atomic E-state index is 0.0698. The van der Waals surface area contributed by atoms with Crippen LogP contribution in [0, 0.1) is 11.8 Å². The van der Waals surface area contributed by atoms with Crippen LogP contribution in [0.25, 0.3) is 0 Å². The van der Waals surface area contributed by atoms with Gasteiger partial charge >= 0.3 is 5.97 Å². The number of hydrogen-bond donors (Lipinski definition) is 3. The molecule has 0 spiro atoms. The van der Waals surface area contributed by atoms with E-state index < -0.39 is 23.0 Å². The van der Waals surface area contributed by atoms with E-state index in [-0.39, 0.29) is 16.5 Å². The van der Waals surface area contributed by atoms with Crippen molar-refractivity contribution in [2.24, 2.45) is 0 Å². The predicted octanol–water partition coefficient (Wildman–Crippen LogP) is 2.96. The van der Waals surface area contributed by atoms with E-state index in [1.165, 1.54) is 12.1 Å². The number of imidazole rings is 1. The van der Waals surface area contributed by atoms with Crippen LogP contribution in [0.1, 0.15) is 58.8 Å². The van der Waals surface area contributed by atoms with Crippen LogP contribution >= 0.6 is 11.6 Å². The van der Waals surface area contributed by atoms with Gasteiger partial charge in [0.15, 0.2) is 5.69 Å². The first-order valence-corrected chi connectivity index (χ1v) is 9.04. The number of methoxy groups -OCH3 is 1. The molecule has 2 aromatic rings. The SMILES string of the molecule is COC(C)(C)C#Cc1[nH]c(Cl)nc1C(=O)NC1(c2ccc(C(=O)O)cc2)CC1. The van der Waals surface area contributed by atoms with Crippen LogP contribution in [-0.4, -0.2) is 39.7 Å². The highest BCUT2D eigenvalue weighted by molar-refractivity contribution is 6.28. The van der Waals surface area contributed by atoms with Crippen molar-refractivity contribution in [1.82, 2.24) is 15.3 Å². The lowest BCUT2D eigenvalue weighted by molar-refractivity contribution is 0.0695. The number of H-pyrrole nitrogens is 1. The molecule has 3 rings (SSSR count). The Balaban J connectivity index is 1.83. The van der Waals surface area contributed by atoms with Crippen molar-refractivity contribution < 1.29 is 19.4 Å². The molecular weight excluding hydrogens is 382 g/mol. The van der Waals surface area contributed by atoms with Gasteiger partial charge < -0.3 is 20.1 Å². The van der Waals surface area contributed by atoms with E-state index in [1.54, 1.807) is 33.1 Å². The molecule has 1 aliphatic carbocycles. The van der Waals surface area contributed by atoms with Gasteiger partial charge in [0.25, 0.3) is 5.91 Å². The minimum atomic E-state index is -0.992. The van der Waals surface area contributed by atoms with Crippen LogP contribution in [-0.2, 0) is 10.3 Å². The molecule has 0 radical (unpaired) electrons. The van der Waals surface area contributed by atoms with Crippen LogP contribution in [0.15, 0.2) is 24.3 Å². The summed E-state index contributed by atoms with van der Waals surface area (Å²) in [6, 6.07) is 6.49. The van der Waals surface area contributed by atoms with Gasteiger partial charge in [-0.25, -0.2) is 9.78 Å². The highest BCUT2D eigenvalue weighted by Gasteiger charge is 2.46. The summed E-state index contributed by atoms with van der Waals surface area (Å²) in [5, 5.41) is 12.1. The van der Waals surface area contributed by atoms with Gasteiger partial charge in [0.1, 0.15) is 11.3 Å². The van der Waals surface area contributed by atoms with E-state index >= 15 is 0 Å². The first kappa shape index (κ1) is 19.9. The number of aromatic carboxylic acids is 1. The number of hydrogen-bond acceptors (Lipinski definition) is 4. The molecule has 1 amide bonds. The van der Waals surface area contributed by atoms with E-state index in [1.807, 2.05) is 0 Å². The topological polar surface area (TPSA) is 104 Å². The average molecular weight is 402 g/mol. The van der Waals surface area contributed by atoms with Gasteiger partial charge in [-0.1, -0.05) is 18.1 Å². The molecule has 1 aromatic heterocycles. The molecule has 0 bridgehead atoms. The fraction of sp³-hybridized carbons (Fsp3) is 0.350. The number of halogens is 1. The molecule has 146 valence electrons. The number of rotatable bonds is 5. The summed E-state index contributed by atoms with van der Waals surface area (Å²) in [6.07, 6.45) is 1.50. The number of nitrogens with zero attached hydrogens (tertiary/aromatic N) is 1. The minimum Gasteiger partial charge on any atom is -0.478 e. The van der Waals surface area contributed by atoms with E-state index in [0.717, 1.165) is 18.4 Å². The maximum Gasteiger partial charge on any atom is 0.335 e. The highest BCUT2D eigenvalue weighted by atomic mass is 35.5. The molecule has 7 nitrogen and oxygen atoms in total. The van der Waals surface area contributed by atoms with Crippen molar-refractivity contribution in [3.63, 3.8) is 0 Å². The Kier molecular flexibility index (Phi) is 5.20. The molecular formula is C20H20ClN3O4. The Morgan fingerprint density at radius 3 is 2.50 bits per heavy atom. The predicted molar refractivity (Wildman–Crippen MR) is 103 cm³/mol. The fourth-order valence-corrected chi connectivity index (χ4v) is 2.86. The Bertz CT molecular complexity index is 979. The van der Waals surface area contributed by atoms with Gasteiger partial charge in [-0.3, -0.25) is 4.79 Å². The van der Waals surface area contributed by atoms with Gasteiger partial charge in [0.2, 0.25) is 5.28 Å². The van der Waals surface area contributed by atoms with E-state index in [4.69, 9.17) is 21.4 Å². The average Bonchev–Trinajstić information content (AvgIpc) is 3.34. The van der Waals surface area contributed by atoms with Crippen molar-refractivity contribution in [2.75, 3.05) is 7.11 Å². The zero-order chi connectivity index (χ0) is 20.5. The van der Waals surface area contributed by atoms with E-state index in [0.29, 0.717) is 5.69 Å². The van der Waals surface area contributed by atoms with Crippen LogP contribution in [0.3, 0.4) is 0 Å². The Morgan fingerprint density at radius 2 is 1.96 bits per heavy atom. The molecule has 28 heavy (non-hydrogen) atoms. The first-order chi connectivity index (χ1) is 13.2. The lowest BCUT2D eigenvalue weighted by atomic mass is 10.0. The van der Waals surface area contributed by atoms with Crippen molar-refractivity contribution in [3.8, 4) is 11.8 Å². The lowest BCUT2D eigenvalue weighted by Gasteiger charge is -2.17. The second kappa shape index (κ2) is 7.30. The third-order valence-electron chi connectivity index (χ3n) is 4.68. The Labute approximate surface area is 167 Å². The number of benzene rings is 1. The van der Waals surface area contributed by atoms with Gasteiger partial charge in [-0.05, 0) is 61.9 Å². The van der Waals surface area contributed by atoms with Crippen molar-refractivity contribution in [1.29, 1.82) is 0 Å². The quantitative estimate of drug-likeness (QED) is 0.668. The molecule has 0 aliphatic heterocycles. The summed E-state index contributed by atoms with van der Waals surface area (Å²) in [5.41, 5.74) is 0.247. The number of carboxylic acids is 1. The largest absolute Gasteiger partial charge is 0.478 e. The summed E-state index contributed by atoms with van der Waals surface area (Å²) >= 11 is 5.94. The van der Waals surface area contributed by atoms with Gasteiger partial charge in [0.05, 0.1) is 11.1 Å². The van der Waals surface area contributed by atoms with Crippen LogP contribution in [0.2, 0.25) is 5.28 Å². The number of carbonyl (C=O) groups excluding carboxylic acids is 1. The normalized spacial score (nSPS) is 14.7. The van der Waals surface area contributed by atoms with Crippen LogP contribution in [0.5, 0.6) is 0 Å². The number of ether oxygens (including phenoxy) is 1. The van der Waals surface area contributed by atoms with E-state index in [2.05, 4.69) is 27.1 Å². The van der Waals surface area contributed by atoms with Gasteiger partial charge in [-0.2, -0.15) is 0 Å². The summed E-state index contributed by atoms with van der Waals surface area (Å²) in [5.74, 6) is 4.40. The maximum atomic E-state index is 12.8. The molecule has 3 N–H and O–H groups in total. The van der Waals surface area contributed by atoms with Crippen molar-refractivity contribution in [3.05, 3.63) is 52.1 Å². The highest BCUT2D eigenvalue weighted by Crippen LogP contribution is 2.45. The first-order valence-electron chi connectivity index (χ1n) is 8.66. The van der Waals surface area contributed by atoms with E-state index in [9.17, 15) is 9.59 Å².